The second kappa shape index (κ2) is 7.34. The van der Waals surface area contributed by atoms with Gasteiger partial charge < -0.3 is 15.2 Å². The van der Waals surface area contributed by atoms with Gasteiger partial charge in [-0.3, -0.25) is 4.99 Å². The first-order valence-electron chi connectivity index (χ1n) is 8.43. The molecule has 0 saturated heterocycles. The van der Waals surface area contributed by atoms with E-state index in [0.717, 1.165) is 44.5 Å². The van der Waals surface area contributed by atoms with E-state index in [1.807, 2.05) is 0 Å². The van der Waals surface area contributed by atoms with Crippen LogP contribution in [0.15, 0.2) is 41.5 Å². The van der Waals surface area contributed by atoms with Crippen LogP contribution in [-0.2, 0) is 6.54 Å². The van der Waals surface area contributed by atoms with Gasteiger partial charge in [0.2, 0.25) is 0 Å². The molecular formula is C18H26N4. The van der Waals surface area contributed by atoms with E-state index in [-0.39, 0.29) is 0 Å². The summed E-state index contributed by atoms with van der Waals surface area (Å²) in [6, 6.07) is 10.7. The van der Waals surface area contributed by atoms with E-state index in [1.165, 1.54) is 23.7 Å². The first-order chi connectivity index (χ1) is 10.9. The van der Waals surface area contributed by atoms with E-state index in [0.29, 0.717) is 0 Å². The van der Waals surface area contributed by atoms with Crippen LogP contribution in [0, 0.1) is 5.92 Å². The summed E-state index contributed by atoms with van der Waals surface area (Å²) < 4.78 is 2.32. The summed E-state index contributed by atoms with van der Waals surface area (Å²) in [6.45, 7) is 5.97. The topological polar surface area (TPSA) is 41.4 Å². The zero-order valence-corrected chi connectivity index (χ0v) is 13.4. The molecule has 118 valence electrons. The van der Waals surface area contributed by atoms with Gasteiger partial charge in [-0.2, -0.15) is 0 Å². The van der Waals surface area contributed by atoms with Gasteiger partial charge in [0.05, 0.1) is 0 Å². The summed E-state index contributed by atoms with van der Waals surface area (Å²) in [5, 5.41) is 8.08. The van der Waals surface area contributed by atoms with E-state index >= 15 is 0 Å². The summed E-state index contributed by atoms with van der Waals surface area (Å²) in [5.41, 5.74) is 1.32. The van der Waals surface area contributed by atoms with Gasteiger partial charge >= 0.3 is 0 Å². The SMILES string of the molecule is CCNC(=NCC1CC1)NCCCn1ccc2ccccc21. The number of nitrogens with one attached hydrogen (secondary N) is 2. The van der Waals surface area contributed by atoms with Gasteiger partial charge in [0.15, 0.2) is 5.96 Å². The molecule has 1 heterocycles. The van der Waals surface area contributed by atoms with Crippen molar-refractivity contribution in [1.82, 2.24) is 15.2 Å². The molecule has 1 aromatic heterocycles. The van der Waals surface area contributed by atoms with Gasteiger partial charge in [-0.05, 0) is 49.6 Å². The van der Waals surface area contributed by atoms with Crippen molar-refractivity contribution < 1.29 is 0 Å². The second-order valence-corrected chi connectivity index (χ2v) is 6.01. The van der Waals surface area contributed by atoms with Gasteiger partial charge in [-0.1, -0.05) is 18.2 Å². The Labute approximate surface area is 132 Å². The Hall–Kier alpha value is -1.97. The molecule has 1 saturated carbocycles. The Morgan fingerprint density at radius 3 is 2.91 bits per heavy atom. The van der Waals surface area contributed by atoms with Crippen LogP contribution in [0.25, 0.3) is 10.9 Å². The number of rotatable bonds is 7. The summed E-state index contributed by atoms with van der Waals surface area (Å²) in [6.07, 6.45) is 5.97. The minimum absolute atomic E-state index is 0.835. The lowest BCUT2D eigenvalue weighted by atomic mass is 10.2. The molecule has 0 radical (unpaired) electrons. The van der Waals surface area contributed by atoms with Crippen LogP contribution in [0.1, 0.15) is 26.2 Å². The molecule has 0 amide bonds. The highest BCUT2D eigenvalue weighted by Crippen LogP contribution is 2.28. The molecule has 0 atom stereocenters. The van der Waals surface area contributed by atoms with Crippen LogP contribution >= 0.6 is 0 Å². The molecule has 22 heavy (non-hydrogen) atoms. The highest BCUT2D eigenvalue weighted by molar-refractivity contribution is 5.80. The van der Waals surface area contributed by atoms with Crippen molar-refractivity contribution in [2.45, 2.75) is 32.7 Å². The number of benzene rings is 1. The standard InChI is InChI=1S/C18H26N4/c1-2-19-18(21-14-15-8-9-15)20-11-5-12-22-13-10-16-6-3-4-7-17(16)22/h3-4,6-7,10,13,15H,2,5,8-9,11-12,14H2,1H3,(H2,19,20,21). The average molecular weight is 298 g/mol. The fourth-order valence-electron chi connectivity index (χ4n) is 2.65. The molecule has 1 aliphatic carbocycles. The number of fused-ring (bicyclic) bond motifs is 1. The lowest BCUT2D eigenvalue weighted by Gasteiger charge is -2.11. The number of para-hydroxylation sites is 1. The first kappa shape index (κ1) is 14.9. The normalized spacial score (nSPS) is 15.2. The molecule has 1 fully saturated rings. The van der Waals surface area contributed by atoms with Crippen LogP contribution < -0.4 is 10.6 Å². The van der Waals surface area contributed by atoms with E-state index in [9.17, 15) is 0 Å². The van der Waals surface area contributed by atoms with Crippen LogP contribution in [0.4, 0.5) is 0 Å². The Morgan fingerprint density at radius 2 is 2.09 bits per heavy atom. The highest BCUT2D eigenvalue weighted by Gasteiger charge is 2.20. The number of hydrogen-bond donors (Lipinski definition) is 2. The third-order valence-electron chi connectivity index (χ3n) is 4.10. The Balaban J connectivity index is 1.46. The number of aryl methyl sites for hydroxylation is 1. The maximum atomic E-state index is 4.65. The monoisotopic (exact) mass is 298 g/mol. The zero-order valence-electron chi connectivity index (χ0n) is 13.4. The van der Waals surface area contributed by atoms with Gasteiger partial charge in [0, 0.05) is 37.9 Å². The molecule has 0 bridgehead atoms. The van der Waals surface area contributed by atoms with E-state index in [4.69, 9.17) is 0 Å². The van der Waals surface area contributed by atoms with Crippen molar-refractivity contribution in [2.24, 2.45) is 10.9 Å². The molecule has 2 N–H and O–H groups in total. The molecule has 2 aromatic rings. The van der Waals surface area contributed by atoms with Gasteiger partial charge in [-0.15, -0.1) is 0 Å². The smallest absolute Gasteiger partial charge is 0.191 e. The minimum atomic E-state index is 0.835. The number of aliphatic imine (C=N–C) groups is 1. The summed E-state index contributed by atoms with van der Waals surface area (Å²) in [4.78, 5) is 4.65. The summed E-state index contributed by atoms with van der Waals surface area (Å²) >= 11 is 0. The predicted octanol–water partition coefficient (Wildman–Crippen LogP) is 3.00. The third-order valence-corrected chi connectivity index (χ3v) is 4.10. The van der Waals surface area contributed by atoms with Crippen LogP contribution in [0.5, 0.6) is 0 Å². The maximum absolute atomic E-state index is 4.65. The van der Waals surface area contributed by atoms with Gasteiger partial charge in [-0.25, -0.2) is 0 Å². The Morgan fingerprint density at radius 1 is 1.23 bits per heavy atom. The summed E-state index contributed by atoms with van der Waals surface area (Å²) in [5.74, 6) is 1.80. The molecule has 4 heteroatoms. The summed E-state index contributed by atoms with van der Waals surface area (Å²) in [7, 11) is 0. The average Bonchev–Trinajstić information content (AvgIpc) is 3.28. The van der Waals surface area contributed by atoms with Crippen molar-refractivity contribution in [3.05, 3.63) is 36.5 Å². The van der Waals surface area contributed by atoms with E-state index in [2.05, 4.69) is 63.6 Å². The zero-order chi connectivity index (χ0) is 15.2. The Bertz CT molecular complexity index is 625. The number of nitrogens with zero attached hydrogens (tertiary/aromatic N) is 2. The number of guanidine groups is 1. The fraction of sp³-hybridized carbons (Fsp3) is 0.500. The lowest BCUT2D eigenvalue weighted by Crippen LogP contribution is -2.38. The highest BCUT2D eigenvalue weighted by atomic mass is 15.2. The first-order valence-corrected chi connectivity index (χ1v) is 8.43. The fourth-order valence-corrected chi connectivity index (χ4v) is 2.65. The molecule has 0 aliphatic heterocycles. The van der Waals surface area contributed by atoms with Crippen LogP contribution in [0.2, 0.25) is 0 Å². The molecule has 3 rings (SSSR count). The van der Waals surface area contributed by atoms with E-state index < -0.39 is 0 Å². The van der Waals surface area contributed by atoms with Crippen molar-refractivity contribution in [1.29, 1.82) is 0 Å². The quantitative estimate of drug-likeness (QED) is 0.469. The lowest BCUT2D eigenvalue weighted by molar-refractivity contribution is 0.640. The molecule has 1 aliphatic rings. The van der Waals surface area contributed by atoms with Crippen molar-refractivity contribution in [2.75, 3.05) is 19.6 Å². The van der Waals surface area contributed by atoms with Crippen molar-refractivity contribution in [3.8, 4) is 0 Å². The van der Waals surface area contributed by atoms with E-state index in [1.54, 1.807) is 0 Å². The minimum Gasteiger partial charge on any atom is -0.357 e. The number of aromatic nitrogens is 1. The molecule has 0 unspecified atom stereocenters. The van der Waals surface area contributed by atoms with Gasteiger partial charge in [0.1, 0.15) is 0 Å². The third kappa shape index (κ3) is 4.03. The Kier molecular flexibility index (Phi) is 4.99. The molecule has 0 spiro atoms. The molecule has 1 aromatic carbocycles. The van der Waals surface area contributed by atoms with Crippen molar-refractivity contribution >= 4 is 16.9 Å². The molecular weight excluding hydrogens is 272 g/mol. The van der Waals surface area contributed by atoms with Gasteiger partial charge in [0.25, 0.3) is 0 Å². The maximum Gasteiger partial charge on any atom is 0.191 e. The number of hydrogen-bond acceptors (Lipinski definition) is 1. The largest absolute Gasteiger partial charge is 0.357 e. The second-order valence-electron chi connectivity index (χ2n) is 6.01. The van der Waals surface area contributed by atoms with Crippen LogP contribution in [0.3, 0.4) is 0 Å². The predicted molar refractivity (Wildman–Crippen MR) is 93.3 cm³/mol. The van der Waals surface area contributed by atoms with Crippen molar-refractivity contribution in [3.63, 3.8) is 0 Å². The molecule has 4 nitrogen and oxygen atoms in total. The van der Waals surface area contributed by atoms with Crippen LogP contribution in [-0.4, -0.2) is 30.2 Å².